The summed E-state index contributed by atoms with van der Waals surface area (Å²) >= 11 is 3.56. The molecule has 2 aromatic rings. The van der Waals surface area contributed by atoms with E-state index in [1.54, 1.807) is 0 Å². The van der Waals surface area contributed by atoms with E-state index >= 15 is 0 Å². The molecule has 80 valence electrons. The number of rotatable bonds is 4. The first-order valence-electron chi connectivity index (χ1n) is 5.27. The molecule has 0 bridgehead atoms. The van der Waals surface area contributed by atoms with Gasteiger partial charge in [-0.15, -0.1) is 0 Å². The Morgan fingerprint density at radius 1 is 1.33 bits per heavy atom. The van der Waals surface area contributed by atoms with Crippen LogP contribution in [0.2, 0.25) is 0 Å². The Hall–Kier alpha value is -0.800. The number of likely N-dealkylation sites (N-methyl/N-ethyl adjacent to an activating group) is 1. The van der Waals surface area contributed by atoms with Crippen LogP contribution in [0.5, 0.6) is 0 Å². The second-order valence-electron chi connectivity index (χ2n) is 3.54. The molecule has 0 amide bonds. The number of nitrogens with one attached hydrogen (secondary N) is 1. The van der Waals surface area contributed by atoms with E-state index in [1.807, 2.05) is 0 Å². The molecule has 0 saturated heterocycles. The van der Waals surface area contributed by atoms with Crippen LogP contribution in [0, 0.1) is 0 Å². The molecule has 1 aromatic carbocycles. The van der Waals surface area contributed by atoms with Crippen LogP contribution in [0.25, 0.3) is 10.9 Å². The van der Waals surface area contributed by atoms with Gasteiger partial charge in [0.1, 0.15) is 0 Å². The number of halogens is 1. The van der Waals surface area contributed by atoms with Crippen molar-refractivity contribution in [3.8, 4) is 0 Å². The maximum Gasteiger partial charge on any atom is 0.0492 e. The molecule has 1 aromatic heterocycles. The molecule has 0 aliphatic heterocycles. The minimum Gasteiger partial charge on any atom is -0.346 e. The van der Waals surface area contributed by atoms with E-state index < -0.39 is 0 Å². The molecule has 0 aliphatic rings. The van der Waals surface area contributed by atoms with Gasteiger partial charge in [-0.3, -0.25) is 0 Å². The zero-order chi connectivity index (χ0) is 10.7. The van der Waals surface area contributed by atoms with Crippen molar-refractivity contribution in [2.75, 3.05) is 13.1 Å². The molecule has 15 heavy (non-hydrogen) atoms. The monoisotopic (exact) mass is 266 g/mol. The van der Waals surface area contributed by atoms with Gasteiger partial charge < -0.3 is 9.88 Å². The normalized spacial score (nSPS) is 11.1. The van der Waals surface area contributed by atoms with Crippen molar-refractivity contribution >= 4 is 26.8 Å². The fourth-order valence-corrected chi connectivity index (χ4v) is 2.25. The molecule has 2 nitrogen and oxygen atoms in total. The van der Waals surface area contributed by atoms with E-state index in [2.05, 4.69) is 63.2 Å². The third kappa shape index (κ3) is 2.24. The van der Waals surface area contributed by atoms with Gasteiger partial charge in [0.05, 0.1) is 0 Å². The number of hydrogen-bond donors (Lipinski definition) is 1. The van der Waals surface area contributed by atoms with Gasteiger partial charge >= 0.3 is 0 Å². The van der Waals surface area contributed by atoms with Gasteiger partial charge in [0.2, 0.25) is 0 Å². The van der Waals surface area contributed by atoms with Crippen LogP contribution in [-0.2, 0) is 6.54 Å². The van der Waals surface area contributed by atoms with Crippen molar-refractivity contribution in [3.63, 3.8) is 0 Å². The first-order valence-corrected chi connectivity index (χ1v) is 6.06. The van der Waals surface area contributed by atoms with Gasteiger partial charge in [0.15, 0.2) is 0 Å². The molecule has 3 heteroatoms. The first kappa shape index (κ1) is 10.7. The Balaban J connectivity index is 2.25. The highest BCUT2D eigenvalue weighted by Crippen LogP contribution is 2.24. The third-order valence-electron chi connectivity index (χ3n) is 2.54. The highest BCUT2D eigenvalue weighted by atomic mass is 79.9. The Kier molecular flexibility index (Phi) is 3.44. The summed E-state index contributed by atoms with van der Waals surface area (Å²) in [4.78, 5) is 0. The predicted molar refractivity (Wildman–Crippen MR) is 68.2 cm³/mol. The second-order valence-corrected chi connectivity index (χ2v) is 4.39. The first-order chi connectivity index (χ1) is 7.33. The standard InChI is InChI=1S/C12H15BrN2/c1-2-14-7-9-15-8-6-10-11(13)4-3-5-12(10)15/h3-6,8,14H,2,7,9H2,1H3. The zero-order valence-electron chi connectivity index (χ0n) is 8.83. The lowest BCUT2D eigenvalue weighted by atomic mass is 10.2. The summed E-state index contributed by atoms with van der Waals surface area (Å²) < 4.78 is 3.45. The smallest absolute Gasteiger partial charge is 0.0492 e. The van der Waals surface area contributed by atoms with Crippen molar-refractivity contribution in [2.24, 2.45) is 0 Å². The van der Waals surface area contributed by atoms with Crippen LogP contribution in [-0.4, -0.2) is 17.7 Å². The van der Waals surface area contributed by atoms with Crippen LogP contribution >= 0.6 is 15.9 Å². The van der Waals surface area contributed by atoms with Crippen LogP contribution in [0.4, 0.5) is 0 Å². The van der Waals surface area contributed by atoms with E-state index in [9.17, 15) is 0 Å². The fraction of sp³-hybridized carbons (Fsp3) is 0.333. The SMILES string of the molecule is CCNCCn1ccc2c(Br)cccc21. The molecule has 0 fully saturated rings. The molecule has 1 heterocycles. The molecule has 0 aliphatic carbocycles. The average molecular weight is 267 g/mol. The molecule has 0 atom stereocenters. The van der Waals surface area contributed by atoms with E-state index in [4.69, 9.17) is 0 Å². The highest BCUT2D eigenvalue weighted by Gasteiger charge is 2.02. The highest BCUT2D eigenvalue weighted by molar-refractivity contribution is 9.10. The van der Waals surface area contributed by atoms with E-state index in [0.717, 1.165) is 19.6 Å². The maximum absolute atomic E-state index is 3.56. The number of hydrogen-bond acceptors (Lipinski definition) is 1. The van der Waals surface area contributed by atoms with Crippen LogP contribution in [0.15, 0.2) is 34.9 Å². The summed E-state index contributed by atoms with van der Waals surface area (Å²) in [5.74, 6) is 0. The largest absolute Gasteiger partial charge is 0.346 e. The van der Waals surface area contributed by atoms with Crippen LogP contribution in [0.1, 0.15) is 6.92 Å². The van der Waals surface area contributed by atoms with Crippen molar-refractivity contribution in [2.45, 2.75) is 13.5 Å². The fourth-order valence-electron chi connectivity index (χ4n) is 1.76. The lowest BCUT2D eigenvalue weighted by molar-refractivity contribution is 0.627. The van der Waals surface area contributed by atoms with Gasteiger partial charge in [-0.1, -0.05) is 28.9 Å². The maximum atomic E-state index is 3.56. The van der Waals surface area contributed by atoms with E-state index in [0.29, 0.717) is 0 Å². The minimum atomic E-state index is 1.02. The summed E-state index contributed by atoms with van der Waals surface area (Å²) in [6.45, 7) is 5.20. The molecule has 0 spiro atoms. The number of fused-ring (bicyclic) bond motifs is 1. The summed E-state index contributed by atoms with van der Waals surface area (Å²) in [7, 11) is 0. The molecular weight excluding hydrogens is 252 g/mol. The summed E-state index contributed by atoms with van der Waals surface area (Å²) in [6, 6.07) is 8.48. The predicted octanol–water partition coefficient (Wildman–Crippen LogP) is 3.01. The van der Waals surface area contributed by atoms with E-state index in [1.165, 1.54) is 15.4 Å². The zero-order valence-corrected chi connectivity index (χ0v) is 10.4. The summed E-state index contributed by atoms with van der Waals surface area (Å²) in [6.07, 6.45) is 2.15. The minimum absolute atomic E-state index is 1.02. The molecule has 0 unspecified atom stereocenters. The Morgan fingerprint density at radius 2 is 2.20 bits per heavy atom. The van der Waals surface area contributed by atoms with Gasteiger partial charge in [0.25, 0.3) is 0 Å². The summed E-state index contributed by atoms with van der Waals surface area (Å²) in [5.41, 5.74) is 1.29. The Bertz CT molecular complexity index is 448. The molecule has 1 N–H and O–H groups in total. The third-order valence-corrected chi connectivity index (χ3v) is 3.23. The van der Waals surface area contributed by atoms with Crippen LogP contribution in [0.3, 0.4) is 0 Å². The average Bonchev–Trinajstić information content (AvgIpc) is 2.64. The van der Waals surface area contributed by atoms with Gasteiger partial charge in [-0.2, -0.15) is 0 Å². The van der Waals surface area contributed by atoms with E-state index in [-0.39, 0.29) is 0 Å². The lowest BCUT2D eigenvalue weighted by Crippen LogP contribution is -2.18. The quantitative estimate of drug-likeness (QED) is 0.842. The summed E-state index contributed by atoms with van der Waals surface area (Å²) in [5, 5.41) is 4.62. The topological polar surface area (TPSA) is 17.0 Å². The van der Waals surface area contributed by atoms with Crippen molar-refractivity contribution in [1.82, 2.24) is 9.88 Å². The number of aromatic nitrogens is 1. The molecular formula is C12H15BrN2. The Morgan fingerprint density at radius 3 is 3.00 bits per heavy atom. The lowest BCUT2D eigenvalue weighted by Gasteiger charge is -2.05. The van der Waals surface area contributed by atoms with Gasteiger partial charge in [-0.05, 0) is 24.7 Å². The van der Waals surface area contributed by atoms with Crippen molar-refractivity contribution in [3.05, 3.63) is 34.9 Å². The number of benzene rings is 1. The van der Waals surface area contributed by atoms with Crippen molar-refractivity contribution < 1.29 is 0 Å². The van der Waals surface area contributed by atoms with Gasteiger partial charge in [0, 0.05) is 34.7 Å². The van der Waals surface area contributed by atoms with Gasteiger partial charge in [-0.25, -0.2) is 0 Å². The Labute approximate surface area is 98.4 Å². The second kappa shape index (κ2) is 4.81. The number of nitrogens with zero attached hydrogens (tertiary/aromatic N) is 1. The molecule has 0 saturated carbocycles. The van der Waals surface area contributed by atoms with Crippen molar-refractivity contribution in [1.29, 1.82) is 0 Å². The molecule has 0 radical (unpaired) electrons. The van der Waals surface area contributed by atoms with Crippen LogP contribution < -0.4 is 5.32 Å². The molecule has 2 rings (SSSR count).